The molecule has 3 aromatic rings. The van der Waals surface area contributed by atoms with Gasteiger partial charge in [0.05, 0.1) is 26.3 Å². The molecule has 4 N–H and O–H groups in total. The number of aliphatic hydroxyl groups is 1. The van der Waals surface area contributed by atoms with E-state index in [-0.39, 0.29) is 12.6 Å². The van der Waals surface area contributed by atoms with Crippen LogP contribution >= 0.6 is 0 Å². The predicted octanol–water partition coefficient (Wildman–Crippen LogP) is 3.93. The number of nitrogens with one attached hydrogen (secondary N) is 1. The molecule has 0 aromatic heterocycles. The van der Waals surface area contributed by atoms with E-state index >= 15 is 0 Å². The minimum absolute atomic E-state index is 0.103. The van der Waals surface area contributed by atoms with Gasteiger partial charge in [-0.3, -0.25) is 5.32 Å². The molecule has 0 amide bonds. The van der Waals surface area contributed by atoms with Gasteiger partial charge in [-0.15, -0.1) is 0 Å². The molecule has 3 rings (SSSR count). The maximum atomic E-state index is 10.8. The van der Waals surface area contributed by atoms with E-state index in [1.54, 1.807) is 14.2 Å². The smallest absolute Gasteiger partial charge is 0.119 e. The van der Waals surface area contributed by atoms with Crippen molar-refractivity contribution in [1.29, 1.82) is 0 Å². The van der Waals surface area contributed by atoms with E-state index in [4.69, 9.17) is 19.9 Å². The zero-order chi connectivity index (χ0) is 23.8. The first-order valence-electron chi connectivity index (χ1n) is 11.0. The average molecular weight is 451 g/mol. The molecule has 0 aliphatic rings. The Bertz CT molecular complexity index is 928. The molecule has 0 heterocycles. The lowest BCUT2D eigenvalue weighted by Gasteiger charge is -2.39. The monoisotopic (exact) mass is 450 g/mol. The highest BCUT2D eigenvalue weighted by atomic mass is 16.5. The molecule has 2 atom stereocenters. The second kappa shape index (κ2) is 11.2. The molecule has 0 radical (unpaired) electrons. The first-order chi connectivity index (χ1) is 15.8. The van der Waals surface area contributed by atoms with Crippen molar-refractivity contribution < 1.29 is 19.3 Å². The summed E-state index contributed by atoms with van der Waals surface area (Å²) in [5.74, 6) is 2.28. The topological polar surface area (TPSA) is 86.0 Å². The van der Waals surface area contributed by atoms with Crippen molar-refractivity contribution in [2.75, 3.05) is 20.8 Å². The summed E-state index contributed by atoms with van der Waals surface area (Å²) in [5, 5.41) is 14.4. The van der Waals surface area contributed by atoms with Gasteiger partial charge in [0, 0.05) is 5.54 Å². The van der Waals surface area contributed by atoms with Crippen molar-refractivity contribution in [2.24, 2.45) is 5.73 Å². The first kappa shape index (κ1) is 24.6. The Morgan fingerprint density at radius 1 is 0.788 bits per heavy atom. The molecular weight excluding hydrogens is 416 g/mol. The van der Waals surface area contributed by atoms with Gasteiger partial charge in [0.2, 0.25) is 0 Å². The Balaban J connectivity index is 1.79. The fraction of sp³-hybridized carbons (Fsp3) is 0.333. The van der Waals surface area contributed by atoms with E-state index in [0.29, 0.717) is 5.75 Å². The molecule has 0 spiro atoms. The third-order valence-electron chi connectivity index (χ3n) is 5.83. The summed E-state index contributed by atoms with van der Waals surface area (Å²) < 4.78 is 16.4. The Morgan fingerprint density at radius 2 is 1.27 bits per heavy atom. The Morgan fingerprint density at radius 3 is 1.73 bits per heavy atom. The highest BCUT2D eigenvalue weighted by Crippen LogP contribution is 2.29. The van der Waals surface area contributed by atoms with Gasteiger partial charge < -0.3 is 25.1 Å². The zero-order valence-electron chi connectivity index (χ0n) is 19.7. The van der Waals surface area contributed by atoms with Crippen molar-refractivity contribution in [3.63, 3.8) is 0 Å². The molecule has 0 aliphatic carbocycles. The highest BCUT2D eigenvalue weighted by Gasteiger charge is 2.35. The van der Waals surface area contributed by atoms with Crippen molar-refractivity contribution in [3.8, 4) is 17.2 Å². The number of rotatable bonds is 11. The third-order valence-corrected chi connectivity index (χ3v) is 5.83. The quantitative estimate of drug-likeness (QED) is 0.410. The van der Waals surface area contributed by atoms with E-state index in [0.717, 1.165) is 22.6 Å². The lowest BCUT2D eigenvalue weighted by molar-refractivity contribution is 0.0550. The number of benzene rings is 3. The Hall–Kier alpha value is -3.06. The summed E-state index contributed by atoms with van der Waals surface area (Å²) in [6.07, 6.45) is -0.861. The van der Waals surface area contributed by atoms with Gasteiger partial charge in [-0.05, 0) is 61.4 Å². The van der Waals surface area contributed by atoms with Crippen LogP contribution in [0.1, 0.15) is 31.0 Å². The van der Waals surface area contributed by atoms with Crippen LogP contribution in [0.5, 0.6) is 17.2 Å². The molecule has 6 heteroatoms. The number of hydrogen-bond acceptors (Lipinski definition) is 6. The molecule has 0 bridgehead atoms. The van der Waals surface area contributed by atoms with Gasteiger partial charge in [-0.1, -0.05) is 42.5 Å². The number of ether oxygens (including phenoxy) is 3. The number of hydrogen-bond donors (Lipinski definition) is 3. The van der Waals surface area contributed by atoms with Crippen LogP contribution in [0, 0.1) is 0 Å². The minimum Gasteiger partial charge on any atom is -0.497 e. The number of aliphatic hydroxyl groups excluding tert-OH is 1. The molecule has 6 nitrogen and oxygen atoms in total. The van der Waals surface area contributed by atoms with E-state index in [2.05, 4.69) is 5.32 Å². The van der Waals surface area contributed by atoms with E-state index in [1.165, 1.54) is 0 Å². The molecule has 1 unspecified atom stereocenters. The molecular formula is C27H34N2O4. The fourth-order valence-electron chi connectivity index (χ4n) is 3.70. The molecule has 0 fully saturated rings. The summed E-state index contributed by atoms with van der Waals surface area (Å²) in [7, 11) is 3.30. The molecule has 33 heavy (non-hydrogen) atoms. The molecule has 0 saturated carbocycles. The van der Waals surface area contributed by atoms with Crippen LogP contribution in [0.2, 0.25) is 0 Å². The molecule has 3 aromatic carbocycles. The van der Waals surface area contributed by atoms with Crippen molar-refractivity contribution in [3.05, 3.63) is 90.0 Å². The number of para-hydroxylation sites is 1. The van der Waals surface area contributed by atoms with Gasteiger partial charge in [-0.25, -0.2) is 0 Å². The Labute approximate surface area is 196 Å². The van der Waals surface area contributed by atoms with Crippen LogP contribution in [0.25, 0.3) is 0 Å². The molecule has 0 saturated heterocycles. The van der Waals surface area contributed by atoms with Gasteiger partial charge in [0.25, 0.3) is 0 Å². The van der Waals surface area contributed by atoms with Crippen LogP contribution in [-0.4, -0.2) is 43.6 Å². The fourth-order valence-corrected chi connectivity index (χ4v) is 3.70. The highest BCUT2D eigenvalue weighted by molar-refractivity contribution is 5.38. The molecule has 0 aliphatic heterocycles. The first-order valence-corrected chi connectivity index (χ1v) is 11.0. The summed E-state index contributed by atoms with van der Waals surface area (Å²) in [5.41, 5.74) is 8.01. The normalized spacial score (nSPS) is 13.4. The number of methoxy groups -OCH3 is 2. The summed E-state index contributed by atoms with van der Waals surface area (Å²) >= 11 is 0. The second-order valence-electron chi connectivity index (χ2n) is 8.56. The second-order valence-corrected chi connectivity index (χ2v) is 8.56. The van der Waals surface area contributed by atoms with Crippen LogP contribution < -0.4 is 25.3 Å². The molecule has 176 valence electrons. The van der Waals surface area contributed by atoms with Gasteiger partial charge in [0.1, 0.15) is 30.0 Å². The predicted molar refractivity (Wildman–Crippen MR) is 131 cm³/mol. The van der Waals surface area contributed by atoms with Gasteiger partial charge in [-0.2, -0.15) is 0 Å². The van der Waals surface area contributed by atoms with Crippen LogP contribution in [0.15, 0.2) is 78.9 Å². The number of nitrogens with two attached hydrogens (primary N) is 1. The summed E-state index contributed by atoms with van der Waals surface area (Å²) in [6.45, 7) is 4.08. The van der Waals surface area contributed by atoms with E-state index in [1.807, 2.05) is 92.7 Å². The Kier molecular flexibility index (Phi) is 8.33. The lowest BCUT2D eigenvalue weighted by Crippen LogP contribution is -2.61. The SMILES string of the molecule is COc1ccc(C(NC(C)(C)C(N)[C@H](O)COc2ccccc2)c2ccc(OC)cc2)cc1. The average Bonchev–Trinajstić information content (AvgIpc) is 2.86. The minimum atomic E-state index is -0.861. The van der Waals surface area contributed by atoms with Gasteiger partial charge in [0.15, 0.2) is 0 Å². The van der Waals surface area contributed by atoms with Crippen molar-refractivity contribution in [1.82, 2.24) is 5.32 Å². The van der Waals surface area contributed by atoms with Crippen LogP contribution in [-0.2, 0) is 0 Å². The van der Waals surface area contributed by atoms with Crippen LogP contribution in [0.3, 0.4) is 0 Å². The van der Waals surface area contributed by atoms with Crippen molar-refractivity contribution >= 4 is 0 Å². The van der Waals surface area contributed by atoms with E-state index in [9.17, 15) is 5.11 Å². The standard InChI is InChI=1S/C27H34N2O4/c1-27(2,26(28)24(30)18-33-23-8-6-5-7-9-23)29-25(19-10-14-21(31-3)15-11-19)20-12-16-22(32-4)17-13-20/h5-17,24-26,29-30H,18,28H2,1-4H3/t24-,26?/m1/s1. The maximum absolute atomic E-state index is 10.8. The lowest BCUT2D eigenvalue weighted by atomic mass is 9.87. The maximum Gasteiger partial charge on any atom is 0.119 e. The largest absolute Gasteiger partial charge is 0.497 e. The van der Waals surface area contributed by atoms with E-state index < -0.39 is 17.7 Å². The van der Waals surface area contributed by atoms with Crippen molar-refractivity contribution in [2.45, 2.75) is 37.6 Å². The zero-order valence-corrected chi connectivity index (χ0v) is 19.7. The summed E-state index contributed by atoms with van der Waals surface area (Å²) in [4.78, 5) is 0. The summed E-state index contributed by atoms with van der Waals surface area (Å²) in [6, 6.07) is 24.5. The van der Waals surface area contributed by atoms with Gasteiger partial charge >= 0.3 is 0 Å². The third kappa shape index (κ3) is 6.48. The van der Waals surface area contributed by atoms with Crippen LogP contribution in [0.4, 0.5) is 0 Å².